The van der Waals surface area contributed by atoms with Gasteiger partial charge in [-0.1, -0.05) is 42.5 Å². The Morgan fingerprint density at radius 3 is 2.25 bits per heavy atom. The third-order valence-corrected chi connectivity index (χ3v) is 4.61. The number of piperidine rings is 1. The molecule has 2 aromatic carbocycles. The second-order valence-corrected chi connectivity index (χ2v) is 6.39. The summed E-state index contributed by atoms with van der Waals surface area (Å²) in [6, 6.07) is 18.1. The van der Waals surface area contributed by atoms with Gasteiger partial charge in [0, 0.05) is 12.3 Å². The number of aliphatic hydroxyl groups excluding tert-OH is 1. The first-order chi connectivity index (χ1) is 11.7. The Bertz CT molecular complexity index is 647. The highest BCUT2D eigenvalue weighted by Crippen LogP contribution is 2.21. The predicted octanol–water partition coefficient (Wildman–Crippen LogP) is 3.00. The van der Waals surface area contributed by atoms with E-state index in [-0.39, 0.29) is 12.5 Å². The number of carbonyl (C=O) groups is 1. The second-order valence-electron chi connectivity index (χ2n) is 6.39. The molecule has 0 aromatic heterocycles. The number of aliphatic hydroxyl groups is 1. The average molecular weight is 324 g/mol. The zero-order valence-electron chi connectivity index (χ0n) is 13.8. The molecule has 0 atom stereocenters. The molecule has 4 nitrogen and oxygen atoms in total. The van der Waals surface area contributed by atoms with Crippen LogP contribution in [-0.4, -0.2) is 42.2 Å². The number of amides is 1. The second kappa shape index (κ2) is 8.08. The van der Waals surface area contributed by atoms with E-state index in [0.717, 1.165) is 37.2 Å². The van der Waals surface area contributed by atoms with Crippen LogP contribution >= 0.6 is 0 Å². The Kier molecular flexibility index (Phi) is 5.62. The molecular weight excluding hydrogens is 300 g/mol. The maximum Gasteiger partial charge on any atom is 0.238 e. The Morgan fingerprint density at radius 1 is 1.00 bits per heavy atom. The molecule has 1 aliphatic rings. The lowest BCUT2D eigenvalue weighted by atomic mass is 9.98. The molecule has 0 unspecified atom stereocenters. The van der Waals surface area contributed by atoms with Crippen LogP contribution in [0, 0.1) is 5.92 Å². The van der Waals surface area contributed by atoms with E-state index < -0.39 is 0 Å². The summed E-state index contributed by atoms with van der Waals surface area (Å²) in [5, 5.41) is 12.1. The zero-order chi connectivity index (χ0) is 16.8. The number of nitrogens with one attached hydrogen (secondary N) is 1. The van der Waals surface area contributed by atoms with Crippen molar-refractivity contribution in [3.63, 3.8) is 0 Å². The summed E-state index contributed by atoms with van der Waals surface area (Å²) >= 11 is 0. The Hall–Kier alpha value is -2.17. The predicted molar refractivity (Wildman–Crippen MR) is 96.8 cm³/mol. The first-order valence-corrected chi connectivity index (χ1v) is 8.53. The number of carbonyl (C=O) groups excluding carboxylic acids is 1. The number of benzene rings is 2. The van der Waals surface area contributed by atoms with Gasteiger partial charge in [0.25, 0.3) is 0 Å². The van der Waals surface area contributed by atoms with Crippen molar-refractivity contribution < 1.29 is 9.90 Å². The highest BCUT2D eigenvalue weighted by atomic mass is 16.3. The molecule has 0 saturated carbocycles. The van der Waals surface area contributed by atoms with Gasteiger partial charge in [-0.2, -0.15) is 0 Å². The minimum absolute atomic E-state index is 0.0184. The van der Waals surface area contributed by atoms with Gasteiger partial charge in [-0.15, -0.1) is 0 Å². The molecule has 1 heterocycles. The van der Waals surface area contributed by atoms with Crippen LogP contribution in [0.25, 0.3) is 11.1 Å². The summed E-state index contributed by atoms with van der Waals surface area (Å²) in [5.74, 6) is 0.416. The third-order valence-electron chi connectivity index (χ3n) is 4.61. The molecule has 0 spiro atoms. The smallest absolute Gasteiger partial charge is 0.238 e. The van der Waals surface area contributed by atoms with Gasteiger partial charge < -0.3 is 10.4 Å². The SMILES string of the molecule is O=C(CN1CCC(CO)CC1)Nc1ccc(-c2ccccc2)cc1. The molecule has 1 saturated heterocycles. The summed E-state index contributed by atoms with van der Waals surface area (Å²) in [5.41, 5.74) is 3.13. The van der Waals surface area contributed by atoms with Crippen LogP contribution in [-0.2, 0) is 4.79 Å². The molecule has 126 valence electrons. The number of rotatable bonds is 5. The monoisotopic (exact) mass is 324 g/mol. The van der Waals surface area contributed by atoms with E-state index in [1.807, 2.05) is 42.5 Å². The number of hydrogen-bond donors (Lipinski definition) is 2. The van der Waals surface area contributed by atoms with E-state index in [2.05, 4.69) is 22.3 Å². The van der Waals surface area contributed by atoms with Gasteiger partial charge in [-0.05, 0) is 55.1 Å². The van der Waals surface area contributed by atoms with Gasteiger partial charge >= 0.3 is 0 Å². The number of hydrogen-bond acceptors (Lipinski definition) is 3. The van der Waals surface area contributed by atoms with E-state index in [0.29, 0.717) is 12.5 Å². The molecule has 2 aromatic rings. The fourth-order valence-electron chi connectivity index (χ4n) is 3.11. The minimum atomic E-state index is 0.0184. The topological polar surface area (TPSA) is 52.6 Å². The summed E-state index contributed by atoms with van der Waals surface area (Å²) in [6.07, 6.45) is 1.94. The van der Waals surface area contributed by atoms with E-state index >= 15 is 0 Å². The molecule has 0 bridgehead atoms. The number of nitrogens with zero attached hydrogens (tertiary/aromatic N) is 1. The van der Waals surface area contributed by atoms with Gasteiger partial charge in [-0.3, -0.25) is 9.69 Å². The van der Waals surface area contributed by atoms with Gasteiger partial charge in [0.2, 0.25) is 5.91 Å². The summed E-state index contributed by atoms with van der Waals surface area (Å²) in [6.45, 7) is 2.43. The molecule has 4 heteroatoms. The molecule has 3 rings (SSSR count). The van der Waals surface area contributed by atoms with E-state index in [9.17, 15) is 4.79 Å². The fourth-order valence-corrected chi connectivity index (χ4v) is 3.11. The van der Waals surface area contributed by atoms with Crippen LogP contribution < -0.4 is 5.32 Å². The van der Waals surface area contributed by atoms with Crippen molar-refractivity contribution in [2.75, 3.05) is 31.6 Å². The van der Waals surface area contributed by atoms with Gasteiger partial charge in [0.15, 0.2) is 0 Å². The molecular formula is C20H24N2O2. The minimum Gasteiger partial charge on any atom is -0.396 e. The Balaban J connectivity index is 1.52. The quantitative estimate of drug-likeness (QED) is 0.889. The molecule has 0 aliphatic carbocycles. The fraction of sp³-hybridized carbons (Fsp3) is 0.350. The van der Waals surface area contributed by atoms with E-state index in [4.69, 9.17) is 5.11 Å². The normalized spacial score (nSPS) is 16.0. The van der Waals surface area contributed by atoms with Crippen LogP contribution in [0.3, 0.4) is 0 Å². The number of anilines is 1. The number of likely N-dealkylation sites (tertiary alicyclic amines) is 1. The highest BCUT2D eigenvalue weighted by Gasteiger charge is 2.20. The summed E-state index contributed by atoms with van der Waals surface area (Å²) in [7, 11) is 0. The maximum atomic E-state index is 12.2. The largest absolute Gasteiger partial charge is 0.396 e. The average Bonchev–Trinajstić information content (AvgIpc) is 2.64. The zero-order valence-corrected chi connectivity index (χ0v) is 13.8. The van der Waals surface area contributed by atoms with Crippen molar-refractivity contribution in [3.05, 3.63) is 54.6 Å². The van der Waals surface area contributed by atoms with Gasteiger partial charge in [-0.25, -0.2) is 0 Å². The van der Waals surface area contributed by atoms with Crippen LogP contribution in [0.5, 0.6) is 0 Å². The first-order valence-electron chi connectivity index (χ1n) is 8.53. The van der Waals surface area contributed by atoms with Crippen molar-refractivity contribution in [2.45, 2.75) is 12.8 Å². The van der Waals surface area contributed by atoms with Crippen LogP contribution in [0.4, 0.5) is 5.69 Å². The van der Waals surface area contributed by atoms with Crippen molar-refractivity contribution in [3.8, 4) is 11.1 Å². The molecule has 24 heavy (non-hydrogen) atoms. The van der Waals surface area contributed by atoms with Crippen molar-refractivity contribution >= 4 is 11.6 Å². The van der Waals surface area contributed by atoms with Crippen molar-refractivity contribution in [1.29, 1.82) is 0 Å². The summed E-state index contributed by atoms with van der Waals surface area (Å²) in [4.78, 5) is 14.3. The Labute approximate surface area is 143 Å². The summed E-state index contributed by atoms with van der Waals surface area (Å²) < 4.78 is 0. The standard InChI is InChI=1S/C20H24N2O2/c23-15-16-10-12-22(13-11-16)14-20(24)21-19-8-6-18(7-9-19)17-4-2-1-3-5-17/h1-9,16,23H,10-15H2,(H,21,24). The van der Waals surface area contributed by atoms with Crippen LogP contribution in [0.2, 0.25) is 0 Å². The highest BCUT2D eigenvalue weighted by molar-refractivity contribution is 5.92. The Morgan fingerprint density at radius 2 is 1.62 bits per heavy atom. The first kappa shape index (κ1) is 16.7. The lowest BCUT2D eigenvalue weighted by molar-refractivity contribution is -0.117. The molecule has 1 aliphatic heterocycles. The third kappa shape index (κ3) is 4.43. The van der Waals surface area contributed by atoms with Crippen LogP contribution in [0.15, 0.2) is 54.6 Å². The maximum absolute atomic E-state index is 12.2. The van der Waals surface area contributed by atoms with Gasteiger partial charge in [0.05, 0.1) is 6.54 Å². The molecule has 2 N–H and O–H groups in total. The van der Waals surface area contributed by atoms with Crippen molar-refractivity contribution in [1.82, 2.24) is 4.90 Å². The molecule has 1 amide bonds. The lowest BCUT2D eigenvalue weighted by Gasteiger charge is -2.30. The van der Waals surface area contributed by atoms with Crippen LogP contribution in [0.1, 0.15) is 12.8 Å². The lowest BCUT2D eigenvalue weighted by Crippen LogP contribution is -2.39. The van der Waals surface area contributed by atoms with E-state index in [1.54, 1.807) is 0 Å². The van der Waals surface area contributed by atoms with Gasteiger partial charge in [0.1, 0.15) is 0 Å². The molecule has 1 fully saturated rings. The van der Waals surface area contributed by atoms with Crippen molar-refractivity contribution in [2.24, 2.45) is 5.92 Å². The van der Waals surface area contributed by atoms with E-state index in [1.165, 1.54) is 5.56 Å². The molecule has 0 radical (unpaired) electrons.